The van der Waals surface area contributed by atoms with Gasteiger partial charge in [-0.1, -0.05) is 53.5 Å². The van der Waals surface area contributed by atoms with Crippen molar-refractivity contribution >= 4 is 35.0 Å². The van der Waals surface area contributed by atoms with E-state index >= 15 is 0 Å². The van der Waals surface area contributed by atoms with E-state index in [1.54, 1.807) is 12.3 Å². The molecule has 2 heterocycles. The molecule has 0 saturated carbocycles. The Bertz CT molecular complexity index is 1170. The lowest BCUT2D eigenvalue weighted by molar-refractivity contribution is -0.191. The number of aryl methyl sites for hydroxylation is 1. The maximum atomic E-state index is 8.12. The van der Waals surface area contributed by atoms with Crippen LogP contribution in [0.25, 0.3) is 16.9 Å². The second-order valence-electron chi connectivity index (χ2n) is 6.20. The van der Waals surface area contributed by atoms with Crippen LogP contribution in [0, 0.1) is 6.92 Å². The minimum absolute atomic E-state index is 0.250. The van der Waals surface area contributed by atoms with Gasteiger partial charge in [0.15, 0.2) is 5.65 Å². The maximum Gasteiger partial charge on any atom is 0.373 e. The highest BCUT2D eigenvalue weighted by molar-refractivity contribution is 6.36. The van der Waals surface area contributed by atoms with Gasteiger partial charge in [0, 0.05) is 18.0 Å². The molecule has 29 heavy (non-hydrogen) atoms. The van der Waals surface area contributed by atoms with Crippen molar-refractivity contribution in [3.05, 3.63) is 88.2 Å². The van der Waals surface area contributed by atoms with Gasteiger partial charge in [-0.3, -0.25) is 0 Å². The first-order chi connectivity index (χ1) is 14.0. The molecule has 0 aliphatic heterocycles. The molecule has 0 radical (unpaired) electrons. The van der Waals surface area contributed by atoms with Crippen LogP contribution >= 0.6 is 23.2 Å². The Kier molecular flexibility index (Phi) is 6.68. The lowest BCUT2D eigenvalue weighted by atomic mass is 10.1. The summed E-state index contributed by atoms with van der Waals surface area (Å²) in [6.45, 7) is 2.58. The van der Waals surface area contributed by atoms with Crippen molar-refractivity contribution in [3.8, 4) is 17.0 Å². The Morgan fingerprint density at radius 1 is 1.03 bits per heavy atom. The number of fused-ring (bicyclic) bond motifs is 1. The summed E-state index contributed by atoms with van der Waals surface area (Å²) in [7, 11) is 0. The topological polar surface area (TPSA) is 60.7 Å². The predicted molar refractivity (Wildman–Crippen MR) is 111 cm³/mol. The minimum Gasteiger partial charge on any atom is -0.489 e. The molecule has 5 nitrogen and oxygen atoms in total. The molecule has 146 valence electrons. The number of ether oxygens (including phenoxy) is 1. The SMILES string of the molecule is Cc1cc(-c2cn3cc(Cl)cc(Cl)c3n2)ccc1OCc1ccccc1.O=C=O. The van der Waals surface area contributed by atoms with Crippen LogP contribution in [0.1, 0.15) is 11.1 Å². The molecule has 0 bridgehead atoms. The van der Waals surface area contributed by atoms with E-state index in [4.69, 9.17) is 37.5 Å². The van der Waals surface area contributed by atoms with E-state index in [9.17, 15) is 0 Å². The molecule has 0 fully saturated rings. The van der Waals surface area contributed by atoms with Crippen LogP contribution in [0.3, 0.4) is 0 Å². The van der Waals surface area contributed by atoms with Crippen LogP contribution < -0.4 is 4.74 Å². The van der Waals surface area contributed by atoms with Gasteiger partial charge in [-0.05, 0) is 42.3 Å². The van der Waals surface area contributed by atoms with Crippen molar-refractivity contribution in [1.82, 2.24) is 9.38 Å². The van der Waals surface area contributed by atoms with E-state index < -0.39 is 0 Å². The highest BCUT2D eigenvalue weighted by atomic mass is 35.5. The van der Waals surface area contributed by atoms with Crippen molar-refractivity contribution in [2.75, 3.05) is 0 Å². The maximum absolute atomic E-state index is 8.12. The lowest BCUT2D eigenvalue weighted by Crippen LogP contribution is -1.96. The molecule has 4 rings (SSSR count). The molecule has 2 aromatic heterocycles. The van der Waals surface area contributed by atoms with Gasteiger partial charge in [-0.2, -0.15) is 9.59 Å². The molecular weight excluding hydrogens is 411 g/mol. The highest BCUT2D eigenvalue weighted by Crippen LogP contribution is 2.29. The van der Waals surface area contributed by atoms with Crippen molar-refractivity contribution in [2.24, 2.45) is 0 Å². The number of benzene rings is 2. The monoisotopic (exact) mass is 426 g/mol. The van der Waals surface area contributed by atoms with Gasteiger partial charge in [0.25, 0.3) is 0 Å². The predicted octanol–water partition coefficient (Wildman–Crippen LogP) is 5.61. The summed E-state index contributed by atoms with van der Waals surface area (Å²) in [6.07, 6.45) is 3.97. The molecule has 0 N–H and O–H groups in total. The average molecular weight is 427 g/mol. The Morgan fingerprint density at radius 2 is 1.76 bits per heavy atom. The molecule has 0 aliphatic carbocycles. The number of aromatic nitrogens is 2. The summed E-state index contributed by atoms with van der Waals surface area (Å²) in [5, 5.41) is 1.11. The summed E-state index contributed by atoms with van der Waals surface area (Å²) in [5.41, 5.74) is 4.73. The lowest BCUT2D eigenvalue weighted by Gasteiger charge is -2.10. The van der Waals surface area contributed by atoms with Crippen molar-refractivity contribution < 1.29 is 14.3 Å². The largest absolute Gasteiger partial charge is 0.489 e. The summed E-state index contributed by atoms with van der Waals surface area (Å²) in [4.78, 5) is 20.9. The molecule has 0 aliphatic rings. The van der Waals surface area contributed by atoms with Crippen LogP contribution in [-0.2, 0) is 16.2 Å². The van der Waals surface area contributed by atoms with Crippen molar-refractivity contribution in [1.29, 1.82) is 0 Å². The molecule has 7 heteroatoms. The van der Waals surface area contributed by atoms with E-state index in [1.165, 1.54) is 0 Å². The molecule has 0 amide bonds. The van der Waals surface area contributed by atoms with Crippen LogP contribution in [0.5, 0.6) is 5.75 Å². The third-order valence-electron chi connectivity index (χ3n) is 4.18. The van der Waals surface area contributed by atoms with Gasteiger partial charge >= 0.3 is 6.15 Å². The Balaban J connectivity index is 0.000000755. The number of carbonyl (C=O) groups excluding carboxylic acids is 2. The van der Waals surface area contributed by atoms with Gasteiger partial charge in [0.2, 0.25) is 0 Å². The number of nitrogens with zero attached hydrogens (tertiary/aromatic N) is 2. The zero-order chi connectivity index (χ0) is 20.8. The van der Waals surface area contributed by atoms with Crippen LogP contribution in [0.4, 0.5) is 0 Å². The summed E-state index contributed by atoms with van der Waals surface area (Å²) >= 11 is 12.3. The van der Waals surface area contributed by atoms with E-state index in [-0.39, 0.29) is 6.15 Å². The normalized spacial score (nSPS) is 10.2. The summed E-state index contributed by atoms with van der Waals surface area (Å²) in [6, 6.07) is 17.9. The number of imidazole rings is 1. The molecule has 0 saturated heterocycles. The number of halogens is 2. The van der Waals surface area contributed by atoms with Gasteiger partial charge in [0.05, 0.1) is 15.7 Å². The molecule has 0 atom stereocenters. The Morgan fingerprint density at radius 3 is 2.45 bits per heavy atom. The average Bonchev–Trinajstić information content (AvgIpc) is 3.13. The fourth-order valence-electron chi connectivity index (χ4n) is 2.87. The molecule has 0 spiro atoms. The first kappa shape index (κ1) is 20.6. The van der Waals surface area contributed by atoms with Crippen LogP contribution in [0.2, 0.25) is 10.0 Å². The zero-order valence-corrected chi connectivity index (χ0v) is 16.9. The van der Waals surface area contributed by atoms with Gasteiger partial charge in [-0.15, -0.1) is 0 Å². The third-order valence-corrected chi connectivity index (χ3v) is 4.67. The minimum atomic E-state index is 0.250. The third kappa shape index (κ3) is 5.04. The summed E-state index contributed by atoms with van der Waals surface area (Å²) in [5.74, 6) is 0.863. The Labute approximate surface area is 177 Å². The second kappa shape index (κ2) is 9.39. The van der Waals surface area contributed by atoms with Crippen molar-refractivity contribution in [2.45, 2.75) is 13.5 Å². The second-order valence-corrected chi connectivity index (χ2v) is 7.04. The molecule has 2 aromatic carbocycles. The van der Waals surface area contributed by atoms with E-state index in [1.807, 2.05) is 47.9 Å². The zero-order valence-electron chi connectivity index (χ0n) is 15.4. The van der Waals surface area contributed by atoms with Crippen LogP contribution in [0.15, 0.2) is 67.0 Å². The van der Waals surface area contributed by atoms with E-state index in [2.05, 4.69) is 23.2 Å². The molecule has 0 unspecified atom stereocenters. The molecule has 4 aromatic rings. The highest BCUT2D eigenvalue weighted by Gasteiger charge is 2.10. The first-order valence-corrected chi connectivity index (χ1v) is 9.38. The first-order valence-electron chi connectivity index (χ1n) is 8.62. The quantitative estimate of drug-likeness (QED) is 0.425. The standard InChI is InChI=1S/C21H16Cl2N2O.CO2/c1-14-9-16(7-8-20(14)26-13-15-5-3-2-4-6-15)19-12-25-11-17(22)10-18(23)21(25)24-19;2-1-3/h2-12H,13H2,1H3;. The fourth-order valence-corrected chi connectivity index (χ4v) is 3.40. The number of hydrogen-bond donors (Lipinski definition) is 0. The van der Waals surface area contributed by atoms with Gasteiger partial charge in [-0.25, -0.2) is 4.98 Å². The summed E-state index contributed by atoms with van der Waals surface area (Å²) < 4.78 is 7.79. The van der Waals surface area contributed by atoms with Crippen LogP contribution in [-0.4, -0.2) is 15.5 Å². The molecular formula is C22H16Cl2N2O3. The van der Waals surface area contributed by atoms with Crippen molar-refractivity contribution in [3.63, 3.8) is 0 Å². The fraction of sp³-hybridized carbons (Fsp3) is 0.0909. The Hall–Kier alpha value is -3.11. The van der Waals surface area contributed by atoms with E-state index in [0.717, 1.165) is 28.1 Å². The van der Waals surface area contributed by atoms with Gasteiger partial charge in [0.1, 0.15) is 12.4 Å². The van der Waals surface area contributed by atoms with E-state index in [0.29, 0.717) is 22.3 Å². The smallest absolute Gasteiger partial charge is 0.373 e. The number of pyridine rings is 1. The number of hydrogen-bond acceptors (Lipinski definition) is 4. The number of rotatable bonds is 4. The van der Waals surface area contributed by atoms with Gasteiger partial charge < -0.3 is 9.14 Å².